The highest BCUT2D eigenvalue weighted by Gasteiger charge is 2.37. The van der Waals surface area contributed by atoms with Crippen LogP contribution in [0, 0.1) is 0 Å². The van der Waals surface area contributed by atoms with Crippen molar-refractivity contribution >= 4 is 14.6 Å². The molecule has 0 atom stereocenters. The molecule has 0 aromatic rings. The fourth-order valence-electron chi connectivity index (χ4n) is 0. The Labute approximate surface area is 49.9 Å². The first-order valence-electron chi connectivity index (χ1n) is 1.37. The van der Waals surface area contributed by atoms with Gasteiger partial charge in [-0.2, -0.15) is 0 Å². The second-order valence-electron chi connectivity index (χ2n) is 1.03. The topological polar surface area (TPSA) is 147 Å². The summed E-state index contributed by atoms with van der Waals surface area (Å²) in [6.45, 7) is 0. The third-order valence-electron chi connectivity index (χ3n) is 0.339. The summed E-state index contributed by atoms with van der Waals surface area (Å²) in [7, 11) is -10.4. The molecule has 9 heavy (non-hydrogen) atoms. The van der Waals surface area contributed by atoms with Gasteiger partial charge in [-0.3, -0.25) is 0 Å². The molecule has 9 heteroatoms. The molecule has 0 rings (SSSR count). The zero-order valence-corrected chi connectivity index (χ0v) is 5.79. The van der Waals surface area contributed by atoms with Crippen LogP contribution in [0.5, 0.6) is 0 Å². The molecule has 0 saturated heterocycles. The van der Waals surface area contributed by atoms with Crippen LogP contribution in [-0.2, 0) is 9.13 Å². The second kappa shape index (κ2) is 2.90. The fourth-order valence-corrected chi connectivity index (χ4v) is 0. The lowest BCUT2D eigenvalue weighted by molar-refractivity contribution is 0.340. The quantitative estimate of drug-likeness (QED) is 0.358. The van der Waals surface area contributed by atoms with Gasteiger partial charge in [-0.1, -0.05) is 0 Å². The van der Waals surface area contributed by atoms with Crippen LogP contribution in [-0.4, -0.2) is 25.0 Å². The first-order valence-corrected chi connectivity index (χ1v) is 5.30. The molecule has 0 radical (unpaired) electrons. The van der Waals surface area contributed by atoms with Crippen molar-refractivity contribution in [2.24, 2.45) is 0 Å². The summed E-state index contributed by atoms with van der Waals surface area (Å²) in [6, 6.07) is 0. The van der Waals surface area contributed by atoms with Crippen molar-refractivity contribution in [3.8, 4) is 0 Å². The second-order valence-corrected chi connectivity index (χ2v) is 6.21. The maximum atomic E-state index is 9.58. The molecule has 0 bridgehead atoms. The van der Waals surface area contributed by atoms with Crippen LogP contribution in [0.25, 0.3) is 0 Å². The van der Waals surface area contributed by atoms with E-state index in [-0.39, 0.29) is 5.48 Å². The molecule has 7 nitrogen and oxygen atoms in total. The van der Waals surface area contributed by atoms with Crippen molar-refractivity contribution in [2.45, 2.75) is 0 Å². The van der Waals surface area contributed by atoms with Gasteiger partial charge < -0.3 is 25.0 Å². The molecule has 0 spiro atoms. The molecule has 0 fully saturated rings. The van der Waals surface area contributed by atoms with E-state index >= 15 is 0 Å². The third kappa shape index (κ3) is 3.77. The molecule has 0 aromatic heterocycles. The van der Waals surface area contributed by atoms with E-state index in [1.807, 2.05) is 0 Å². The summed E-state index contributed by atoms with van der Waals surface area (Å²) in [6.07, 6.45) is 0. The van der Waals surface area contributed by atoms with E-state index in [4.69, 9.17) is 19.6 Å². The molecule has 6 N–H and O–H groups in total. The normalized spacial score (nSPS) is 12.4. The molecule has 0 aromatic carbocycles. The SMILES string of the molecule is O.O=P(O)(O)P(=O)(O)O. The lowest BCUT2D eigenvalue weighted by atomic mass is 15.8. The van der Waals surface area contributed by atoms with E-state index in [1.165, 1.54) is 0 Å². The molecule has 0 heterocycles. The predicted octanol–water partition coefficient (Wildman–Crippen LogP) is -1.57. The van der Waals surface area contributed by atoms with Crippen molar-refractivity contribution in [1.82, 2.24) is 0 Å². The molecule has 0 aliphatic carbocycles. The number of hydrogen-bond acceptors (Lipinski definition) is 2. The zero-order valence-electron chi connectivity index (χ0n) is 4.00. The van der Waals surface area contributed by atoms with Crippen LogP contribution in [0.15, 0.2) is 0 Å². The van der Waals surface area contributed by atoms with Gasteiger partial charge in [-0.05, 0) is 0 Å². The highest BCUT2D eigenvalue weighted by molar-refractivity contribution is 8.26. The van der Waals surface area contributed by atoms with E-state index in [1.54, 1.807) is 0 Å². The first kappa shape index (κ1) is 12.0. The Bertz CT molecular complexity index is 136. The van der Waals surface area contributed by atoms with Gasteiger partial charge in [0.1, 0.15) is 0 Å². The van der Waals surface area contributed by atoms with Gasteiger partial charge in [-0.25, -0.2) is 9.13 Å². The Morgan fingerprint density at radius 3 is 0.889 bits per heavy atom. The minimum Gasteiger partial charge on any atom is -0.412 e. The number of hydrogen-bond donors (Lipinski definition) is 4. The summed E-state index contributed by atoms with van der Waals surface area (Å²) < 4.78 is 19.2. The van der Waals surface area contributed by atoms with Gasteiger partial charge in [-0.15, -0.1) is 0 Å². The Morgan fingerprint density at radius 2 is 0.889 bits per heavy atom. The lowest BCUT2D eigenvalue weighted by Crippen LogP contribution is -1.78. The van der Waals surface area contributed by atoms with Gasteiger partial charge in [0.25, 0.3) is 0 Å². The van der Waals surface area contributed by atoms with Crippen LogP contribution in [0.1, 0.15) is 0 Å². The van der Waals surface area contributed by atoms with Gasteiger partial charge in [0.2, 0.25) is 0 Å². The van der Waals surface area contributed by atoms with Gasteiger partial charge >= 0.3 is 14.6 Å². The molecule has 0 aliphatic heterocycles. The average Bonchev–Trinajstić information content (AvgIpc) is 1.25. The Hall–Kier alpha value is 0.260. The van der Waals surface area contributed by atoms with Crippen LogP contribution in [0.2, 0.25) is 0 Å². The van der Waals surface area contributed by atoms with Gasteiger partial charge in [0.05, 0.1) is 0 Å². The van der Waals surface area contributed by atoms with E-state index in [0.29, 0.717) is 0 Å². The van der Waals surface area contributed by atoms with Gasteiger partial charge in [0.15, 0.2) is 0 Å². The number of rotatable bonds is 1. The summed E-state index contributed by atoms with van der Waals surface area (Å²) in [5.41, 5.74) is 0. The zero-order chi connectivity index (χ0) is 7.00. The fraction of sp³-hybridized carbons (Fsp3) is 0. The standard InChI is InChI=1S/H4O6P2.H2O/c1-7(2,3)8(4,5)6;/h(H2,1,2,3)(H2,4,5,6);1H2. The van der Waals surface area contributed by atoms with Crippen LogP contribution < -0.4 is 0 Å². The van der Waals surface area contributed by atoms with Crippen molar-refractivity contribution < 1.29 is 34.2 Å². The van der Waals surface area contributed by atoms with Crippen molar-refractivity contribution in [3.63, 3.8) is 0 Å². The largest absolute Gasteiger partial charge is 0.435 e. The monoisotopic (exact) mass is 180 g/mol. The van der Waals surface area contributed by atoms with E-state index in [0.717, 1.165) is 0 Å². The van der Waals surface area contributed by atoms with Crippen LogP contribution in [0.4, 0.5) is 0 Å². The highest BCUT2D eigenvalue weighted by atomic mass is 32.1. The van der Waals surface area contributed by atoms with E-state index in [9.17, 15) is 9.13 Å². The van der Waals surface area contributed by atoms with Crippen molar-refractivity contribution in [2.75, 3.05) is 0 Å². The third-order valence-corrected chi connectivity index (χ3v) is 3.05. The molecule has 0 unspecified atom stereocenters. The summed E-state index contributed by atoms with van der Waals surface area (Å²) >= 11 is 0. The minimum absolute atomic E-state index is 0. The summed E-state index contributed by atoms with van der Waals surface area (Å²) in [4.78, 5) is 30.8. The average molecular weight is 180 g/mol. The summed E-state index contributed by atoms with van der Waals surface area (Å²) in [5.74, 6) is 0. The lowest BCUT2D eigenvalue weighted by Gasteiger charge is -2.02. The Kier molecular flexibility index (Phi) is 3.86. The first-order chi connectivity index (χ1) is 3.25. The highest BCUT2D eigenvalue weighted by Crippen LogP contribution is 2.71. The van der Waals surface area contributed by atoms with Crippen LogP contribution in [0.3, 0.4) is 0 Å². The predicted molar refractivity (Wildman–Crippen MR) is 27.7 cm³/mol. The Balaban J connectivity index is 0. The van der Waals surface area contributed by atoms with Gasteiger partial charge in [0, 0.05) is 0 Å². The van der Waals surface area contributed by atoms with Crippen molar-refractivity contribution in [3.05, 3.63) is 0 Å². The minimum atomic E-state index is -5.18. The van der Waals surface area contributed by atoms with E-state index in [2.05, 4.69) is 0 Å². The summed E-state index contributed by atoms with van der Waals surface area (Å²) in [5, 5.41) is 0. The Morgan fingerprint density at radius 1 is 0.778 bits per heavy atom. The molecular formula is H6O7P2. The van der Waals surface area contributed by atoms with Crippen molar-refractivity contribution in [1.29, 1.82) is 0 Å². The molecule has 58 valence electrons. The smallest absolute Gasteiger partial charge is 0.412 e. The van der Waals surface area contributed by atoms with E-state index < -0.39 is 14.6 Å². The maximum Gasteiger partial charge on any atom is 0.435 e. The maximum absolute atomic E-state index is 9.58. The molecule has 0 aliphatic rings. The molecule has 0 saturated carbocycles. The molecule has 0 amide bonds. The molecular weight excluding hydrogens is 174 g/mol. The van der Waals surface area contributed by atoms with Crippen LogP contribution >= 0.6 is 14.6 Å².